The third-order valence-electron chi connectivity index (χ3n) is 5.07. The number of aliphatic hydroxyl groups excluding tert-OH is 1. The predicted molar refractivity (Wildman–Crippen MR) is 90.1 cm³/mol. The zero-order valence-electron chi connectivity index (χ0n) is 14.2. The van der Waals surface area contributed by atoms with Gasteiger partial charge in [-0.15, -0.1) is 0 Å². The number of morpholine rings is 1. The number of nitrogens with one attached hydrogen (secondary N) is 1. The standard InChI is InChI=1S/C17H33N3O3/c18-15(12-14-4-2-1-3-5-14)16(21)13-17(22)19-6-7-20-8-10-23-11-9-20/h14-16,21H,1-13,18H2,(H,19,22)/t15-,16+/m0/s1. The monoisotopic (exact) mass is 327 g/mol. The highest BCUT2D eigenvalue weighted by Crippen LogP contribution is 2.27. The van der Waals surface area contributed by atoms with Crippen LogP contribution in [0.3, 0.4) is 0 Å². The molecule has 0 bridgehead atoms. The highest BCUT2D eigenvalue weighted by Gasteiger charge is 2.23. The average Bonchev–Trinajstić information content (AvgIpc) is 2.56. The molecule has 1 aliphatic carbocycles. The van der Waals surface area contributed by atoms with Crippen molar-refractivity contribution in [2.75, 3.05) is 39.4 Å². The first kappa shape index (κ1) is 18.6. The van der Waals surface area contributed by atoms with Crippen LogP contribution >= 0.6 is 0 Å². The molecule has 23 heavy (non-hydrogen) atoms. The van der Waals surface area contributed by atoms with E-state index in [0.29, 0.717) is 12.5 Å². The number of carbonyl (C=O) groups excluding carboxylic acids is 1. The lowest BCUT2D eigenvalue weighted by Gasteiger charge is -2.27. The first-order valence-electron chi connectivity index (χ1n) is 9.15. The summed E-state index contributed by atoms with van der Waals surface area (Å²) >= 11 is 0. The van der Waals surface area contributed by atoms with Crippen LogP contribution in [0.2, 0.25) is 0 Å². The quantitative estimate of drug-likeness (QED) is 0.604. The molecule has 0 aromatic rings. The second-order valence-electron chi connectivity index (χ2n) is 6.98. The van der Waals surface area contributed by atoms with Crippen LogP contribution in [0.5, 0.6) is 0 Å². The van der Waals surface area contributed by atoms with E-state index in [1.54, 1.807) is 0 Å². The minimum Gasteiger partial charge on any atom is -0.391 e. The van der Waals surface area contributed by atoms with E-state index in [-0.39, 0.29) is 18.4 Å². The molecule has 0 spiro atoms. The molecule has 1 aliphatic heterocycles. The number of nitrogens with two attached hydrogens (primary N) is 1. The van der Waals surface area contributed by atoms with E-state index in [1.807, 2.05) is 0 Å². The minimum atomic E-state index is -0.736. The Balaban J connectivity index is 1.57. The molecule has 1 heterocycles. The van der Waals surface area contributed by atoms with E-state index >= 15 is 0 Å². The van der Waals surface area contributed by atoms with Gasteiger partial charge in [-0.05, 0) is 12.3 Å². The number of nitrogens with zero attached hydrogens (tertiary/aromatic N) is 1. The van der Waals surface area contributed by atoms with Gasteiger partial charge in [-0.1, -0.05) is 32.1 Å². The van der Waals surface area contributed by atoms with Crippen molar-refractivity contribution in [3.05, 3.63) is 0 Å². The van der Waals surface area contributed by atoms with Crippen LogP contribution in [0, 0.1) is 5.92 Å². The largest absolute Gasteiger partial charge is 0.391 e. The molecule has 2 rings (SSSR count). The van der Waals surface area contributed by atoms with E-state index in [4.69, 9.17) is 10.5 Å². The van der Waals surface area contributed by atoms with Crippen molar-refractivity contribution in [2.24, 2.45) is 11.7 Å². The molecule has 1 amide bonds. The van der Waals surface area contributed by atoms with Crippen molar-refractivity contribution >= 4 is 5.91 Å². The fourth-order valence-corrected chi connectivity index (χ4v) is 3.56. The van der Waals surface area contributed by atoms with Gasteiger partial charge in [0.2, 0.25) is 5.91 Å². The zero-order valence-corrected chi connectivity index (χ0v) is 14.2. The first-order valence-corrected chi connectivity index (χ1v) is 9.15. The molecule has 6 nitrogen and oxygen atoms in total. The molecule has 0 unspecified atom stereocenters. The van der Waals surface area contributed by atoms with Gasteiger partial charge in [-0.2, -0.15) is 0 Å². The smallest absolute Gasteiger partial charge is 0.222 e. The fourth-order valence-electron chi connectivity index (χ4n) is 3.56. The van der Waals surface area contributed by atoms with Gasteiger partial charge in [0.05, 0.1) is 25.7 Å². The Morgan fingerprint density at radius 2 is 1.96 bits per heavy atom. The summed E-state index contributed by atoms with van der Waals surface area (Å²) < 4.78 is 5.29. The topological polar surface area (TPSA) is 87.8 Å². The number of ether oxygens (including phenoxy) is 1. The molecule has 6 heteroatoms. The number of rotatable bonds is 8. The summed E-state index contributed by atoms with van der Waals surface area (Å²) in [5, 5.41) is 13.0. The maximum Gasteiger partial charge on any atom is 0.222 e. The summed E-state index contributed by atoms with van der Waals surface area (Å²) in [5.74, 6) is 0.516. The third kappa shape index (κ3) is 7.16. The van der Waals surface area contributed by atoms with Gasteiger partial charge in [-0.25, -0.2) is 0 Å². The maximum absolute atomic E-state index is 11.9. The summed E-state index contributed by atoms with van der Waals surface area (Å²) in [7, 11) is 0. The van der Waals surface area contributed by atoms with Crippen LogP contribution in [0.4, 0.5) is 0 Å². The second kappa shape index (κ2) is 10.2. The van der Waals surface area contributed by atoms with Gasteiger partial charge in [0.25, 0.3) is 0 Å². The summed E-state index contributed by atoms with van der Waals surface area (Å²) in [6, 6.07) is -0.289. The fraction of sp³-hybridized carbons (Fsp3) is 0.941. The summed E-state index contributed by atoms with van der Waals surface area (Å²) in [6.07, 6.45) is 6.50. The first-order chi connectivity index (χ1) is 11.1. The molecule has 1 saturated heterocycles. The van der Waals surface area contributed by atoms with Crippen molar-refractivity contribution in [1.29, 1.82) is 0 Å². The highest BCUT2D eigenvalue weighted by molar-refractivity contribution is 5.76. The minimum absolute atomic E-state index is 0.107. The van der Waals surface area contributed by atoms with Crippen molar-refractivity contribution in [2.45, 2.75) is 57.1 Å². The van der Waals surface area contributed by atoms with E-state index in [1.165, 1.54) is 32.1 Å². The Hall–Kier alpha value is -0.690. The maximum atomic E-state index is 11.9. The lowest BCUT2D eigenvalue weighted by Crippen LogP contribution is -2.43. The molecule has 2 fully saturated rings. The lowest BCUT2D eigenvalue weighted by atomic mass is 9.83. The number of aliphatic hydroxyl groups is 1. The van der Waals surface area contributed by atoms with Gasteiger partial charge in [-0.3, -0.25) is 9.69 Å². The number of hydrogen-bond acceptors (Lipinski definition) is 5. The molecular formula is C17H33N3O3. The van der Waals surface area contributed by atoms with Crippen molar-refractivity contribution in [3.8, 4) is 0 Å². The van der Waals surface area contributed by atoms with Crippen LogP contribution in [-0.4, -0.2) is 67.5 Å². The zero-order chi connectivity index (χ0) is 16.5. The second-order valence-corrected chi connectivity index (χ2v) is 6.98. The Morgan fingerprint density at radius 1 is 1.26 bits per heavy atom. The summed E-state index contributed by atoms with van der Waals surface area (Å²) in [5.41, 5.74) is 6.09. The highest BCUT2D eigenvalue weighted by atomic mass is 16.5. The van der Waals surface area contributed by atoms with Crippen molar-refractivity contribution in [1.82, 2.24) is 10.2 Å². The van der Waals surface area contributed by atoms with Crippen LogP contribution in [-0.2, 0) is 9.53 Å². The summed E-state index contributed by atoms with van der Waals surface area (Å²) in [4.78, 5) is 14.2. The molecule has 0 aromatic carbocycles. The van der Waals surface area contributed by atoms with Gasteiger partial charge in [0.1, 0.15) is 0 Å². The molecular weight excluding hydrogens is 294 g/mol. The van der Waals surface area contributed by atoms with E-state index in [2.05, 4.69) is 10.2 Å². The van der Waals surface area contributed by atoms with Crippen LogP contribution < -0.4 is 11.1 Å². The average molecular weight is 327 g/mol. The number of carbonyl (C=O) groups is 1. The van der Waals surface area contributed by atoms with Gasteiger partial charge in [0, 0.05) is 32.2 Å². The van der Waals surface area contributed by atoms with E-state index in [9.17, 15) is 9.90 Å². The van der Waals surface area contributed by atoms with Crippen molar-refractivity contribution in [3.63, 3.8) is 0 Å². The van der Waals surface area contributed by atoms with Crippen molar-refractivity contribution < 1.29 is 14.6 Å². The molecule has 4 N–H and O–H groups in total. The molecule has 134 valence electrons. The predicted octanol–water partition coefficient (Wildman–Crippen LogP) is 0.484. The number of amides is 1. The lowest BCUT2D eigenvalue weighted by molar-refractivity contribution is -0.123. The Morgan fingerprint density at radius 3 is 2.65 bits per heavy atom. The Bertz CT molecular complexity index is 342. The van der Waals surface area contributed by atoms with E-state index in [0.717, 1.165) is 39.3 Å². The Labute approximate surface area is 139 Å². The molecule has 1 saturated carbocycles. The molecule has 0 aromatic heterocycles. The van der Waals surface area contributed by atoms with Gasteiger partial charge < -0.3 is 20.9 Å². The van der Waals surface area contributed by atoms with Crippen LogP contribution in [0.25, 0.3) is 0 Å². The van der Waals surface area contributed by atoms with Crippen LogP contribution in [0.1, 0.15) is 44.9 Å². The SMILES string of the molecule is N[C@@H](CC1CCCCC1)[C@H](O)CC(=O)NCCN1CCOCC1. The van der Waals surface area contributed by atoms with Gasteiger partial charge in [0.15, 0.2) is 0 Å². The molecule has 0 radical (unpaired) electrons. The third-order valence-corrected chi connectivity index (χ3v) is 5.07. The number of hydrogen-bond donors (Lipinski definition) is 3. The van der Waals surface area contributed by atoms with Crippen LogP contribution in [0.15, 0.2) is 0 Å². The normalized spacial score (nSPS) is 23.4. The molecule has 2 atom stereocenters. The summed E-state index contributed by atoms with van der Waals surface area (Å²) in [6.45, 7) is 4.82. The Kier molecular flexibility index (Phi) is 8.30. The van der Waals surface area contributed by atoms with Gasteiger partial charge >= 0.3 is 0 Å². The van der Waals surface area contributed by atoms with E-state index < -0.39 is 6.10 Å². The molecule has 2 aliphatic rings.